The van der Waals surface area contributed by atoms with Crippen LogP contribution >= 0.6 is 0 Å². The molecule has 0 spiro atoms. The number of methoxy groups -OCH3 is 1. The topological polar surface area (TPSA) is 131 Å². The summed E-state index contributed by atoms with van der Waals surface area (Å²) in [4.78, 5) is 23.5. The third kappa shape index (κ3) is 4.74. The van der Waals surface area contributed by atoms with Gasteiger partial charge >= 0.3 is 5.51 Å². The molecule has 2 aromatic rings. The lowest BCUT2D eigenvalue weighted by Gasteiger charge is -2.20. The number of nitrogens with one attached hydrogen (secondary N) is 1. The number of carbonyl (C=O) groups excluding carboxylic acids is 2. The van der Waals surface area contributed by atoms with Gasteiger partial charge in [0.1, 0.15) is 23.3 Å². The summed E-state index contributed by atoms with van der Waals surface area (Å²) < 4.78 is 80.3. The van der Waals surface area contributed by atoms with E-state index in [9.17, 15) is 35.6 Å². The number of rotatable bonds is 6. The van der Waals surface area contributed by atoms with Crippen LogP contribution in [0, 0.1) is 5.82 Å². The standard InChI is InChI=1S/C19H16F4N4O5S/c1-32-16-7-6-12(33(30,31)19(21,22)23)8-13(16)25-18(29)14-9-15(17(24)28)27(26-14)11-4-2-10(20)3-5-11/h2-8,15H,9H2,1H3,(H2,24,28)(H,25,29). The molecule has 3 N–H and O–H groups in total. The predicted octanol–water partition coefficient (Wildman–Crippen LogP) is 2.19. The van der Waals surface area contributed by atoms with Crippen LogP contribution in [-0.4, -0.2) is 44.6 Å². The SMILES string of the molecule is COc1ccc(S(=O)(=O)C(F)(F)F)cc1NC(=O)C1=NN(c2ccc(F)cc2)C(C(N)=O)C1. The number of hydrazone groups is 1. The second-order valence-electron chi connectivity index (χ2n) is 6.76. The maximum absolute atomic E-state index is 13.2. The van der Waals surface area contributed by atoms with Crippen molar-refractivity contribution in [2.75, 3.05) is 17.4 Å². The number of nitrogens with zero attached hydrogens (tertiary/aromatic N) is 2. The molecule has 1 heterocycles. The summed E-state index contributed by atoms with van der Waals surface area (Å²) in [5, 5.41) is 7.38. The van der Waals surface area contributed by atoms with Gasteiger partial charge in [0.2, 0.25) is 5.91 Å². The Morgan fingerprint density at radius 2 is 1.82 bits per heavy atom. The van der Waals surface area contributed by atoms with Crippen LogP contribution in [0.2, 0.25) is 0 Å². The zero-order valence-electron chi connectivity index (χ0n) is 16.8. The number of hydrogen-bond acceptors (Lipinski definition) is 7. The highest BCUT2D eigenvalue weighted by molar-refractivity contribution is 7.92. The van der Waals surface area contributed by atoms with E-state index in [0.717, 1.165) is 30.3 Å². The number of ether oxygens (including phenoxy) is 1. The summed E-state index contributed by atoms with van der Waals surface area (Å²) in [6.07, 6.45) is -0.263. The van der Waals surface area contributed by atoms with Gasteiger partial charge in [0, 0.05) is 6.42 Å². The number of benzene rings is 2. The van der Waals surface area contributed by atoms with Crippen LogP contribution in [0.25, 0.3) is 0 Å². The fourth-order valence-electron chi connectivity index (χ4n) is 2.98. The van der Waals surface area contributed by atoms with Crippen molar-refractivity contribution in [3.8, 4) is 5.75 Å². The van der Waals surface area contributed by atoms with E-state index in [0.29, 0.717) is 12.1 Å². The molecule has 0 aliphatic carbocycles. The molecule has 0 saturated heterocycles. The Morgan fingerprint density at radius 1 is 1.18 bits per heavy atom. The van der Waals surface area contributed by atoms with E-state index in [1.165, 1.54) is 12.1 Å². The molecule has 2 amide bonds. The molecule has 33 heavy (non-hydrogen) atoms. The minimum absolute atomic E-state index is 0.120. The number of halogens is 4. The zero-order chi connectivity index (χ0) is 24.6. The van der Waals surface area contributed by atoms with Crippen LogP contribution in [0.5, 0.6) is 5.75 Å². The molecule has 0 aromatic heterocycles. The second kappa shape index (κ2) is 8.69. The van der Waals surface area contributed by atoms with E-state index in [1.54, 1.807) is 0 Å². The highest BCUT2D eigenvalue weighted by Crippen LogP contribution is 2.35. The van der Waals surface area contributed by atoms with Crippen LogP contribution in [0.1, 0.15) is 6.42 Å². The molecule has 1 aliphatic heterocycles. The number of nitrogens with two attached hydrogens (primary N) is 1. The van der Waals surface area contributed by atoms with Crippen LogP contribution in [0.15, 0.2) is 52.5 Å². The van der Waals surface area contributed by atoms with Crippen molar-refractivity contribution in [2.24, 2.45) is 10.8 Å². The Balaban J connectivity index is 1.93. The molecule has 1 unspecified atom stereocenters. The Morgan fingerprint density at radius 3 is 2.36 bits per heavy atom. The second-order valence-corrected chi connectivity index (χ2v) is 8.70. The molecule has 1 aliphatic rings. The number of carbonyl (C=O) groups is 2. The fourth-order valence-corrected chi connectivity index (χ4v) is 3.77. The van der Waals surface area contributed by atoms with Gasteiger partial charge in [-0.05, 0) is 42.5 Å². The van der Waals surface area contributed by atoms with Crippen LogP contribution in [-0.2, 0) is 19.4 Å². The molecule has 2 aromatic carbocycles. The summed E-state index contributed by atoms with van der Waals surface area (Å²) in [5.41, 5.74) is -0.515. The van der Waals surface area contributed by atoms with Gasteiger partial charge in [0.15, 0.2) is 0 Å². The Hall–Kier alpha value is -3.68. The lowest BCUT2D eigenvalue weighted by Crippen LogP contribution is -2.39. The molecule has 0 saturated carbocycles. The lowest BCUT2D eigenvalue weighted by atomic mass is 10.1. The molecular weight excluding hydrogens is 472 g/mol. The van der Waals surface area contributed by atoms with Gasteiger partial charge in [-0.25, -0.2) is 12.8 Å². The fraction of sp³-hybridized carbons (Fsp3) is 0.211. The van der Waals surface area contributed by atoms with Crippen LogP contribution in [0.4, 0.5) is 28.9 Å². The van der Waals surface area contributed by atoms with Gasteiger partial charge in [-0.1, -0.05) is 0 Å². The summed E-state index contributed by atoms with van der Waals surface area (Å²) in [6, 6.07) is 5.98. The van der Waals surface area contributed by atoms with Gasteiger partial charge in [-0.15, -0.1) is 0 Å². The van der Waals surface area contributed by atoms with Gasteiger partial charge in [-0.2, -0.15) is 18.3 Å². The Labute approximate surface area is 184 Å². The van der Waals surface area contributed by atoms with E-state index < -0.39 is 43.9 Å². The van der Waals surface area contributed by atoms with E-state index in [1.807, 2.05) is 0 Å². The number of alkyl halides is 3. The van der Waals surface area contributed by atoms with E-state index in [2.05, 4.69) is 10.4 Å². The molecular formula is C19H16F4N4O5S. The minimum atomic E-state index is -5.68. The number of amides is 2. The number of anilines is 2. The quantitative estimate of drug-likeness (QED) is 0.600. The highest BCUT2D eigenvalue weighted by atomic mass is 32.2. The number of primary amides is 1. The lowest BCUT2D eigenvalue weighted by molar-refractivity contribution is -0.119. The van der Waals surface area contributed by atoms with Gasteiger partial charge < -0.3 is 15.8 Å². The highest BCUT2D eigenvalue weighted by Gasteiger charge is 2.47. The molecule has 0 radical (unpaired) electrons. The molecule has 1 atom stereocenters. The average molecular weight is 488 g/mol. The third-order valence-corrected chi connectivity index (χ3v) is 6.11. The summed E-state index contributed by atoms with van der Waals surface area (Å²) in [7, 11) is -4.52. The van der Waals surface area contributed by atoms with E-state index in [4.69, 9.17) is 10.5 Å². The van der Waals surface area contributed by atoms with E-state index in [-0.39, 0.29) is 29.3 Å². The van der Waals surface area contributed by atoms with Crippen molar-refractivity contribution >= 4 is 38.7 Å². The first kappa shape index (κ1) is 24.0. The summed E-state index contributed by atoms with van der Waals surface area (Å²) >= 11 is 0. The maximum atomic E-state index is 13.2. The predicted molar refractivity (Wildman–Crippen MR) is 109 cm³/mol. The number of hydrogen-bond donors (Lipinski definition) is 2. The average Bonchev–Trinajstić information content (AvgIpc) is 3.19. The first-order valence-electron chi connectivity index (χ1n) is 9.07. The van der Waals surface area contributed by atoms with Crippen molar-refractivity contribution in [3.05, 3.63) is 48.3 Å². The smallest absolute Gasteiger partial charge is 0.495 e. The van der Waals surface area contributed by atoms with E-state index >= 15 is 0 Å². The summed E-state index contributed by atoms with van der Waals surface area (Å²) in [6.45, 7) is 0. The molecule has 176 valence electrons. The molecule has 0 fully saturated rings. The first-order valence-corrected chi connectivity index (χ1v) is 10.6. The normalized spacial score (nSPS) is 16.3. The Bertz CT molecular complexity index is 1230. The molecule has 9 nitrogen and oxygen atoms in total. The molecule has 0 bridgehead atoms. The van der Waals surface area contributed by atoms with Gasteiger partial charge in [0.05, 0.1) is 23.4 Å². The van der Waals surface area contributed by atoms with Crippen molar-refractivity contribution in [1.29, 1.82) is 0 Å². The largest absolute Gasteiger partial charge is 0.501 e. The first-order chi connectivity index (χ1) is 15.3. The van der Waals surface area contributed by atoms with Crippen LogP contribution < -0.4 is 20.8 Å². The minimum Gasteiger partial charge on any atom is -0.495 e. The van der Waals surface area contributed by atoms with Crippen molar-refractivity contribution in [2.45, 2.75) is 22.9 Å². The third-order valence-electron chi connectivity index (χ3n) is 4.63. The molecule has 14 heteroatoms. The van der Waals surface area contributed by atoms with Crippen molar-refractivity contribution in [1.82, 2.24) is 0 Å². The van der Waals surface area contributed by atoms with Crippen LogP contribution in [0.3, 0.4) is 0 Å². The maximum Gasteiger partial charge on any atom is 0.501 e. The number of sulfone groups is 1. The zero-order valence-corrected chi connectivity index (χ0v) is 17.6. The summed E-state index contributed by atoms with van der Waals surface area (Å²) in [5.74, 6) is -2.44. The van der Waals surface area contributed by atoms with Gasteiger partial charge in [-0.3, -0.25) is 14.6 Å². The molecule has 3 rings (SSSR count). The van der Waals surface area contributed by atoms with Crippen molar-refractivity contribution in [3.63, 3.8) is 0 Å². The van der Waals surface area contributed by atoms with Gasteiger partial charge in [0.25, 0.3) is 15.7 Å². The van der Waals surface area contributed by atoms with Crippen molar-refractivity contribution < 1.29 is 40.3 Å². The Kier molecular flexibility index (Phi) is 6.31. The monoisotopic (exact) mass is 488 g/mol.